The molecule has 1 aliphatic heterocycles. The summed E-state index contributed by atoms with van der Waals surface area (Å²) in [5.74, 6) is 0.113. The van der Waals surface area contributed by atoms with Crippen molar-refractivity contribution in [1.29, 1.82) is 0 Å². The minimum atomic E-state index is -0.683. The fourth-order valence-corrected chi connectivity index (χ4v) is 4.31. The number of carbonyl (C=O) groups is 1. The van der Waals surface area contributed by atoms with E-state index in [9.17, 15) is 9.59 Å². The molecular formula is C25H19ClN2O3. The lowest BCUT2D eigenvalue weighted by atomic mass is 9.97. The van der Waals surface area contributed by atoms with Gasteiger partial charge in [-0.2, -0.15) is 0 Å². The van der Waals surface area contributed by atoms with Crippen LogP contribution in [0.4, 0.5) is 5.82 Å². The number of nitrogens with zero attached hydrogens (tertiary/aromatic N) is 2. The lowest BCUT2D eigenvalue weighted by molar-refractivity contribution is 0.0970. The third-order valence-corrected chi connectivity index (χ3v) is 6.03. The number of amides is 1. The second kappa shape index (κ2) is 7.06. The molecule has 1 amide bonds. The van der Waals surface area contributed by atoms with Gasteiger partial charge in [0.25, 0.3) is 5.91 Å². The molecule has 5 nitrogen and oxygen atoms in total. The van der Waals surface area contributed by atoms with Gasteiger partial charge < -0.3 is 4.42 Å². The number of rotatable bonds is 2. The van der Waals surface area contributed by atoms with E-state index < -0.39 is 11.9 Å². The third kappa shape index (κ3) is 3.04. The Hall–Kier alpha value is -3.44. The minimum absolute atomic E-state index is 0.0500. The van der Waals surface area contributed by atoms with E-state index in [1.807, 2.05) is 51.1 Å². The van der Waals surface area contributed by atoms with Gasteiger partial charge in [-0.1, -0.05) is 23.7 Å². The van der Waals surface area contributed by atoms with Crippen LogP contribution in [0.2, 0.25) is 5.02 Å². The molecule has 0 aliphatic carbocycles. The Bertz CT molecular complexity index is 1440. The Morgan fingerprint density at radius 2 is 1.77 bits per heavy atom. The summed E-state index contributed by atoms with van der Waals surface area (Å²) in [4.78, 5) is 33.1. The highest BCUT2D eigenvalue weighted by atomic mass is 35.5. The molecule has 0 bridgehead atoms. The molecule has 2 aromatic carbocycles. The van der Waals surface area contributed by atoms with Crippen molar-refractivity contribution in [3.63, 3.8) is 0 Å². The van der Waals surface area contributed by atoms with E-state index >= 15 is 0 Å². The zero-order chi connectivity index (χ0) is 21.9. The zero-order valence-electron chi connectivity index (χ0n) is 17.3. The van der Waals surface area contributed by atoms with E-state index in [1.54, 1.807) is 24.4 Å². The fraction of sp³-hybridized carbons (Fsp3) is 0.160. The number of anilines is 1. The summed E-state index contributed by atoms with van der Waals surface area (Å²) in [6, 6.07) is 13.8. The molecule has 1 atom stereocenters. The number of carbonyl (C=O) groups excluding carboxylic acids is 1. The first-order valence-corrected chi connectivity index (χ1v) is 10.3. The number of hydrogen-bond acceptors (Lipinski definition) is 4. The van der Waals surface area contributed by atoms with Crippen molar-refractivity contribution < 1.29 is 9.21 Å². The maximum atomic E-state index is 13.6. The topological polar surface area (TPSA) is 63.4 Å². The van der Waals surface area contributed by atoms with Crippen molar-refractivity contribution in [1.82, 2.24) is 4.98 Å². The second-order valence-corrected chi connectivity index (χ2v) is 8.37. The predicted octanol–water partition coefficient (Wildman–Crippen LogP) is 5.52. The smallest absolute Gasteiger partial charge is 0.296 e. The first-order valence-electron chi connectivity index (χ1n) is 9.95. The number of pyridine rings is 1. The molecule has 5 rings (SSSR count). The van der Waals surface area contributed by atoms with E-state index in [2.05, 4.69) is 4.98 Å². The number of fused-ring (bicyclic) bond motifs is 2. The Labute approximate surface area is 183 Å². The SMILES string of the molecule is Cc1ccnc(N2C(=O)c3oc4cc(C)c(C)cc4c(=O)c3C2c2cccc(Cl)c2)c1. The molecular weight excluding hydrogens is 412 g/mol. The van der Waals surface area contributed by atoms with Crippen LogP contribution in [-0.4, -0.2) is 10.9 Å². The van der Waals surface area contributed by atoms with Crippen LogP contribution in [0.15, 0.2) is 63.9 Å². The summed E-state index contributed by atoms with van der Waals surface area (Å²) in [5, 5.41) is 0.980. The molecule has 3 heterocycles. The van der Waals surface area contributed by atoms with Gasteiger partial charge in [-0.3, -0.25) is 14.5 Å². The standard InChI is InChI=1S/C25H19ClN2O3/c1-13-7-8-27-20(9-13)28-22(16-5-4-6-17(26)12-16)21-23(29)18-10-14(2)15(3)11-19(18)31-24(21)25(28)30/h4-12,22H,1-3H3. The van der Waals surface area contributed by atoms with Crippen LogP contribution in [0.1, 0.15) is 44.4 Å². The molecule has 0 spiro atoms. The molecule has 0 saturated heterocycles. The van der Waals surface area contributed by atoms with E-state index in [-0.39, 0.29) is 11.2 Å². The first-order chi connectivity index (χ1) is 14.8. The molecule has 6 heteroatoms. The van der Waals surface area contributed by atoms with Gasteiger partial charge in [-0.25, -0.2) is 4.98 Å². The molecule has 1 aliphatic rings. The van der Waals surface area contributed by atoms with Gasteiger partial charge in [0.15, 0.2) is 5.43 Å². The first kappa shape index (κ1) is 19.5. The number of hydrogen-bond donors (Lipinski definition) is 0. The van der Waals surface area contributed by atoms with Crippen LogP contribution in [-0.2, 0) is 0 Å². The van der Waals surface area contributed by atoms with Crippen LogP contribution in [0.5, 0.6) is 0 Å². The highest BCUT2D eigenvalue weighted by Gasteiger charge is 2.44. The van der Waals surface area contributed by atoms with E-state index in [0.29, 0.717) is 27.4 Å². The maximum Gasteiger partial charge on any atom is 0.296 e. The predicted molar refractivity (Wildman–Crippen MR) is 121 cm³/mol. The third-order valence-electron chi connectivity index (χ3n) is 5.80. The molecule has 0 radical (unpaired) electrons. The van der Waals surface area contributed by atoms with Crippen molar-refractivity contribution in [3.8, 4) is 0 Å². The lowest BCUT2D eigenvalue weighted by Gasteiger charge is -2.24. The Kier molecular flexibility index (Phi) is 4.45. The highest BCUT2D eigenvalue weighted by Crippen LogP contribution is 2.41. The van der Waals surface area contributed by atoms with Gasteiger partial charge in [0.1, 0.15) is 11.4 Å². The monoisotopic (exact) mass is 430 g/mol. The summed E-state index contributed by atoms with van der Waals surface area (Å²) < 4.78 is 6.05. The zero-order valence-corrected chi connectivity index (χ0v) is 18.0. The van der Waals surface area contributed by atoms with Crippen molar-refractivity contribution >= 4 is 34.3 Å². The molecule has 154 valence electrons. The molecule has 2 aromatic heterocycles. The number of aryl methyl sites for hydroxylation is 3. The van der Waals surface area contributed by atoms with Crippen molar-refractivity contribution in [3.05, 3.63) is 104 Å². The van der Waals surface area contributed by atoms with Gasteiger partial charge in [0.05, 0.1) is 17.0 Å². The Morgan fingerprint density at radius 1 is 1.00 bits per heavy atom. The van der Waals surface area contributed by atoms with E-state index in [1.165, 1.54) is 4.90 Å². The van der Waals surface area contributed by atoms with Gasteiger partial charge in [-0.05, 0) is 79.4 Å². The summed E-state index contributed by atoms with van der Waals surface area (Å²) in [6.07, 6.45) is 1.65. The van der Waals surface area contributed by atoms with Crippen molar-refractivity contribution in [2.45, 2.75) is 26.8 Å². The highest BCUT2D eigenvalue weighted by molar-refractivity contribution is 6.30. The summed E-state index contributed by atoms with van der Waals surface area (Å²) in [5.41, 5.74) is 4.15. The lowest BCUT2D eigenvalue weighted by Crippen LogP contribution is -2.30. The number of aromatic nitrogens is 1. The van der Waals surface area contributed by atoms with E-state index in [4.69, 9.17) is 16.0 Å². The molecule has 4 aromatic rings. The summed E-state index contributed by atoms with van der Waals surface area (Å²) >= 11 is 6.26. The summed E-state index contributed by atoms with van der Waals surface area (Å²) in [7, 11) is 0. The normalized spacial score (nSPS) is 15.5. The molecule has 0 fully saturated rings. The largest absolute Gasteiger partial charge is 0.450 e. The average Bonchev–Trinajstić information content (AvgIpc) is 3.02. The van der Waals surface area contributed by atoms with Crippen LogP contribution in [0, 0.1) is 20.8 Å². The van der Waals surface area contributed by atoms with Gasteiger partial charge in [0, 0.05) is 11.2 Å². The van der Waals surface area contributed by atoms with E-state index in [0.717, 1.165) is 22.3 Å². The Morgan fingerprint density at radius 3 is 2.52 bits per heavy atom. The van der Waals surface area contributed by atoms with Crippen molar-refractivity contribution in [2.75, 3.05) is 4.90 Å². The van der Waals surface area contributed by atoms with Gasteiger partial charge in [-0.15, -0.1) is 0 Å². The van der Waals surface area contributed by atoms with Crippen LogP contribution < -0.4 is 10.3 Å². The molecule has 1 unspecified atom stereocenters. The maximum absolute atomic E-state index is 13.6. The second-order valence-electron chi connectivity index (χ2n) is 7.93. The molecule has 0 N–H and O–H groups in total. The van der Waals surface area contributed by atoms with Crippen LogP contribution in [0.3, 0.4) is 0 Å². The summed E-state index contributed by atoms with van der Waals surface area (Å²) in [6.45, 7) is 5.82. The molecule has 0 saturated carbocycles. The fourth-order valence-electron chi connectivity index (χ4n) is 4.11. The minimum Gasteiger partial charge on any atom is -0.450 e. The molecule has 31 heavy (non-hydrogen) atoms. The number of benzene rings is 2. The Balaban J connectivity index is 1.85. The van der Waals surface area contributed by atoms with Crippen molar-refractivity contribution in [2.24, 2.45) is 0 Å². The van der Waals surface area contributed by atoms with Crippen LogP contribution in [0.25, 0.3) is 11.0 Å². The quantitative estimate of drug-likeness (QED) is 0.420. The average molecular weight is 431 g/mol. The van der Waals surface area contributed by atoms with Crippen LogP contribution >= 0.6 is 11.6 Å². The van der Waals surface area contributed by atoms with Gasteiger partial charge >= 0.3 is 0 Å². The van der Waals surface area contributed by atoms with Gasteiger partial charge in [0.2, 0.25) is 5.76 Å². The number of halogens is 1.